The number of H-pyrrole nitrogens is 1. The summed E-state index contributed by atoms with van der Waals surface area (Å²) in [6.45, 7) is 5.18. The SMILES string of the molecule is CC(C)(C)S(=O)(=O)NC1CCC(c2cc3nc(-c4ncco4)ccc3[nH]2)CC1. The molecule has 3 aromatic rings. The predicted octanol–water partition coefficient (Wildman–Crippen LogP) is 3.96. The summed E-state index contributed by atoms with van der Waals surface area (Å²) >= 11 is 0. The van der Waals surface area contributed by atoms with E-state index in [1.807, 2.05) is 12.1 Å². The summed E-state index contributed by atoms with van der Waals surface area (Å²) in [4.78, 5) is 12.3. The molecule has 1 aliphatic carbocycles. The van der Waals surface area contributed by atoms with Crippen LogP contribution in [0.3, 0.4) is 0 Å². The number of oxazole rings is 1. The third kappa shape index (κ3) is 3.71. The number of pyridine rings is 1. The fourth-order valence-electron chi connectivity index (χ4n) is 3.64. The average Bonchev–Trinajstić information content (AvgIpc) is 3.30. The highest BCUT2D eigenvalue weighted by molar-refractivity contribution is 7.90. The van der Waals surface area contributed by atoms with E-state index in [2.05, 4.69) is 25.7 Å². The molecule has 28 heavy (non-hydrogen) atoms. The van der Waals surface area contributed by atoms with Gasteiger partial charge < -0.3 is 9.40 Å². The summed E-state index contributed by atoms with van der Waals surface area (Å²) in [6, 6.07) is 5.99. The molecule has 0 radical (unpaired) electrons. The van der Waals surface area contributed by atoms with E-state index in [-0.39, 0.29) is 6.04 Å². The van der Waals surface area contributed by atoms with Crippen molar-refractivity contribution >= 4 is 21.1 Å². The number of rotatable bonds is 4. The standard InChI is InChI=1S/C20H26N4O3S/c1-20(2,3)28(25,26)24-14-6-4-13(5-7-14)17-12-18-15(22-17)8-9-16(23-18)19-21-10-11-27-19/h8-14,22,24H,4-7H2,1-3H3. The van der Waals surface area contributed by atoms with Gasteiger partial charge in [0.25, 0.3) is 0 Å². The van der Waals surface area contributed by atoms with Crippen molar-refractivity contribution < 1.29 is 12.8 Å². The van der Waals surface area contributed by atoms with Gasteiger partial charge in [0.15, 0.2) is 0 Å². The summed E-state index contributed by atoms with van der Waals surface area (Å²) in [7, 11) is -3.31. The number of nitrogens with zero attached hydrogens (tertiary/aromatic N) is 2. The van der Waals surface area contributed by atoms with E-state index in [0.717, 1.165) is 42.4 Å². The molecule has 7 nitrogen and oxygen atoms in total. The second-order valence-corrected chi connectivity index (χ2v) is 10.9. The molecule has 4 rings (SSSR count). The van der Waals surface area contributed by atoms with Gasteiger partial charge in [-0.05, 0) is 70.6 Å². The third-order valence-corrected chi connectivity index (χ3v) is 7.70. The summed E-state index contributed by atoms with van der Waals surface area (Å²) in [5.74, 6) is 0.895. The van der Waals surface area contributed by atoms with Gasteiger partial charge in [-0.1, -0.05) is 0 Å². The first-order chi connectivity index (χ1) is 13.2. The minimum atomic E-state index is -3.31. The van der Waals surface area contributed by atoms with Crippen molar-refractivity contribution in [2.45, 2.75) is 63.2 Å². The lowest BCUT2D eigenvalue weighted by Crippen LogP contribution is -2.45. The van der Waals surface area contributed by atoms with Crippen LogP contribution in [-0.2, 0) is 10.0 Å². The first-order valence-corrected chi connectivity index (χ1v) is 11.1. The largest absolute Gasteiger partial charge is 0.443 e. The summed E-state index contributed by atoms with van der Waals surface area (Å²) in [5, 5.41) is 0. The molecule has 8 heteroatoms. The van der Waals surface area contributed by atoms with Crippen molar-refractivity contribution in [2.75, 3.05) is 0 Å². The van der Waals surface area contributed by atoms with E-state index < -0.39 is 14.8 Å². The lowest BCUT2D eigenvalue weighted by Gasteiger charge is -2.31. The molecular weight excluding hydrogens is 376 g/mol. The van der Waals surface area contributed by atoms with Crippen molar-refractivity contribution in [3.05, 3.63) is 36.4 Å². The summed E-state index contributed by atoms with van der Waals surface area (Å²) in [6.07, 6.45) is 6.70. The Kier molecular flexibility index (Phi) is 4.79. The molecule has 2 N–H and O–H groups in total. The van der Waals surface area contributed by atoms with Crippen molar-refractivity contribution in [3.63, 3.8) is 0 Å². The summed E-state index contributed by atoms with van der Waals surface area (Å²) in [5.41, 5.74) is 3.75. The topological polar surface area (TPSA) is 101 Å². The quantitative estimate of drug-likeness (QED) is 0.688. The number of nitrogens with one attached hydrogen (secondary N) is 2. The van der Waals surface area contributed by atoms with E-state index in [0.29, 0.717) is 17.5 Å². The molecule has 0 atom stereocenters. The van der Waals surface area contributed by atoms with Crippen LogP contribution in [0.4, 0.5) is 0 Å². The Morgan fingerprint density at radius 1 is 1.18 bits per heavy atom. The third-order valence-electron chi connectivity index (χ3n) is 5.44. The predicted molar refractivity (Wildman–Crippen MR) is 108 cm³/mol. The van der Waals surface area contributed by atoms with E-state index in [4.69, 9.17) is 4.42 Å². The second-order valence-electron chi connectivity index (χ2n) is 8.47. The van der Waals surface area contributed by atoms with E-state index in [1.54, 1.807) is 27.0 Å². The van der Waals surface area contributed by atoms with Gasteiger partial charge in [0.1, 0.15) is 12.0 Å². The highest BCUT2D eigenvalue weighted by Crippen LogP contribution is 2.34. The molecule has 0 spiro atoms. The highest BCUT2D eigenvalue weighted by atomic mass is 32.2. The van der Waals surface area contributed by atoms with Crippen LogP contribution < -0.4 is 4.72 Å². The number of aromatic amines is 1. The maximum Gasteiger partial charge on any atom is 0.245 e. The molecular formula is C20H26N4O3S. The number of aromatic nitrogens is 3. The minimum absolute atomic E-state index is 0.0135. The Morgan fingerprint density at radius 3 is 2.57 bits per heavy atom. The van der Waals surface area contributed by atoms with Crippen LogP contribution in [0.25, 0.3) is 22.6 Å². The van der Waals surface area contributed by atoms with Gasteiger partial charge in [-0.25, -0.2) is 23.1 Å². The average molecular weight is 403 g/mol. The smallest absolute Gasteiger partial charge is 0.245 e. The monoisotopic (exact) mass is 402 g/mol. The fourth-order valence-corrected chi connectivity index (χ4v) is 4.67. The van der Waals surface area contributed by atoms with Gasteiger partial charge in [0, 0.05) is 11.7 Å². The van der Waals surface area contributed by atoms with Crippen LogP contribution in [0.1, 0.15) is 58.1 Å². The number of fused-ring (bicyclic) bond motifs is 1. The Bertz CT molecular complexity index is 1060. The Hall–Kier alpha value is -2.19. The van der Waals surface area contributed by atoms with Gasteiger partial charge in [0.05, 0.1) is 22.0 Å². The molecule has 1 saturated carbocycles. The lowest BCUT2D eigenvalue weighted by molar-refractivity contribution is 0.368. The van der Waals surface area contributed by atoms with Crippen molar-refractivity contribution in [3.8, 4) is 11.6 Å². The van der Waals surface area contributed by atoms with Gasteiger partial charge in [0.2, 0.25) is 15.9 Å². The molecule has 0 amide bonds. The molecule has 0 saturated heterocycles. The zero-order valence-corrected chi connectivity index (χ0v) is 17.2. The number of hydrogen-bond donors (Lipinski definition) is 2. The van der Waals surface area contributed by atoms with Gasteiger partial charge >= 0.3 is 0 Å². The van der Waals surface area contributed by atoms with E-state index in [9.17, 15) is 8.42 Å². The number of sulfonamides is 1. The maximum absolute atomic E-state index is 12.4. The van der Waals surface area contributed by atoms with Crippen LogP contribution in [-0.4, -0.2) is 34.2 Å². The van der Waals surface area contributed by atoms with Gasteiger partial charge in [-0.3, -0.25) is 0 Å². The molecule has 1 fully saturated rings. The second kappa shape index (κ2) is 7.00. The van der Waals surface area contributed by atoms with Crippen LogP contribution >= 0.6 is 0 Å². The first-order valence-electron chi connectivity index (χ1n) is 9.64. The van der Waals surface area contributed by atoms with Crippen LogP contribution in [0.2, 0.25) is 0 Å². The molecule has 1 aliphatic rings. The maximum atomic E-state index is 12.4. The highest BCUT2D eigenvalue weighted by Gasteiger charge is 2.33. The summed E-state index contributed by atoms with van der Waals surface area (Å²) < 4.78 is 32.2. The molecule has 0 unspecified atom stereocenters. The van der Waals surface area contributed by atoms with Crippen LogP contribution in [0.5, 0.6) is 0 Å². The molecule has 0 bridgehead atoms. The van der Waals surface area contributed by atoms with Crippen molar-refractivity contribution in [1.82, 2.24) is 19.7 Å². The Balaban J connectivity index is 1.45. The zero-order chi connectivity index (χ0) is 19.9. The van der Waals surface area contributed by atoms with Crippen LogP contribution in [0.15, 0.2) is 35.1 Å². The Labute approximate surface area is 165 Å². The molecule has 3 aromatic heterocycles. The van der Waals surface area contributed by atoms with Crippen LogP contribution in [0, 0.1) is 0 Å². The van der Waals surface area contributed by atoms with E-state index in [1.165, 1.54) is 6.26 Å². The fraction of sp³-hybridized carbons (Fsp3) is 0.500. The minimum Gasteiger partial charge on any atom is -0.443 e. The van der Waals surface area contributed by atoms with Gasteiger partial charge in [-0.2, -0.15) is 0 Å². The zero-order valence-electron chi connectivity index (χ0n) is 16.4. The van der Waals surface area contributed by atoms with E-state index >= 15 is 0 Å². The molecule has 150 valence electrons. The molecule has 3 heterocycles. The molecule has 0 aliphatic heterocycles. The number of hydrogen-bond acceptors (Lipinski definition) is 5. The van der Waals surface area contributed by atoms with Crippen molar-refractivity contribution in [1.29, 1.82) is 0 Å². The molecule has 0 aromatic carbocycles. The normalized spacial score (nSPS) is 21.2. The first kappa shape index (κ1) is 19.1. The lowest BCUT2D eigenvalue weighted by atomic mass is 9.84. The van der Waals surface area contributed by atoms with Crippen molar-refractivity contribution in [2.24, 2.45) is 0 Å². The van der Waals surface area contributed by atoms with Gasteiger partial charge in [-0.15, -0.1) is 0 Å². The Morgan fingerprint density at radius 2 is 1.93 bits per heavy atom.